The van der Waals surface area contributed by atoms with Crippen LogP contribution in [0.5, 0.6) is 0 Å². The Balaban J connectivity index is 1.57. The Morgan fingerprint density at radius 2 is 0.825 bits per heavy atom. The Morgan fingerprint density at radius 1 is 0.421 bits per heavy atom. The Hall–Kier alpha value is -6.17. The topological polar surface area (TPSA) is 212 Å². The first-order valence-corrected chi connectivity index (χ1v) is 17.7. The molecule has 2 aliphatic heterocycles. The summed E-state index contributed by atoms with van der Waals surface area (Å²) in [6.45, 7) is 3.11. The quantitative estimate of drug-likeness (QED) is 0.169. The first-order chi connectivity index (χ1) is 27.3. The van der Waals surface area contributed by atoms with Gasteiger partial charge in [-0.1, -0.05) is 54.6 Å². The molecule has 0 aliphatic carbocycles. The Kier molecular flexibility index (Phi) is 14.4. The largest absolute Gasteiger partial charge is 0.463 e. The van der Waals surface area contributed by atoms with Crippen molar-refractivity contribution in [2.45, 2.75) is 83.0 Å². The molecule has 2 aliphatic rings. The van der Waals surface area contributed by atoms with Gasteiger partial charge in [0, 0.05) is 27.7 Å². The van der Waals surface area contributed by atoms with E-state index in [-0.39, 0.29) is 16.7 Å². The molecule has 0 amide bonds. The van der Waals surface area contributed by atoms with Crippen molar-refractivity contribution in [1.29, 1.82) is 0 Å². The van der Waals surface area contributed by atoms with Gasteiger partial charge in [-0.25, -0.2) is 14.4 Å². The second-order valence-corrected chi connectivity index (χ2v) is 12.7. The molecular formula is C40H40O17. The third-order valence-electron chi connectivity index (χ3n) is 8.38. The Bertz CT molecular complexity index is 1890. The van der Waals surface area contributed by atoms with Gasteiger partial charge in [0.05, 0.1) is 16.7 Å². The molecule has 0 spiro atoms. The minimum absolute atomic E-state index is 0.0917. The molecule has 5 rings (SSSR count). The third-order valence-corrected chi connectivity index (χ3v) is 8.38. The van der Waals surface area contributed by atoms with E-state index in [1.165, 1.54) is 36.4 Å². The Morgan fingerprint density at radius 3 is 1.32 bits per heavy atom. The maximum Gasteiger partial charge on any atom is 0.338 e. The molecule has 302 valence electrons. The number of esters is 7. The second kappa shape index (κ2) is 19.6. The minimum Gasteiger partial charge on any atom is -0.463 e. The van der Waals surface area contributed by atoms with Gasteiger partial charge in [-0.15, -0.1) is 0 Å². The summed E-state index contributed by atoms with van der Waals surface area (Å²) in [6.07, 6.45) is -14.3. The molecular weight excluding hydrogens is 752 g/mol. The lowest BCUT2D eigenvalue weighted by molar-refractivity contribution is -0.325. The normalized spacial score (nSPS) is 25.2. The molecule has 9 unspecified atom stereocenters. The molecule has 0 saturated carbocycles. The highest BCUT2D eigenvalue weighted by Gasteiger charge is 2.57. The van der Waals surface area contributed by atoms with Crippen LogP contribution in [0.3, 0.4) is 0 Å². The molecule has 0 bridgehead atoms. The van der Waals surface area contributed by atoms with Gasteiger partial charge in [0.25, 0.3) is 0 Å². The summed E-state index contributed by atoms with van der Waals surface area (Å²) in [7, 11) is 0. The average molecular weight is 793 g/mol. The van der Waals surface area contributed by atoms with Gasteiger partial charge in [-0.3, -0.25) is 19.2 Å². The fourth-order valence-electron chi connectivity index (χ4n) is 5.98. The van der Waals surface area contributed by atoms with Gasteiger partial charge in [-0.05, 0) is 36.4 Å². The van der Waals surface area contributed by atoms with Crippen LogP contribution in [0.2, 0.25) is 0 Å². The van der Waals surface area contributed by atoms with Crippen molar-refractivity contribution in [2.75, 3.05) is 13.2 Å². The van der Waals surface area contributed by atoms with Gasteiger partial charge in [-0.2, -0.15) is 0 Å². The Labute approximate surface area is 326 Å². The molecule has 2 heterocycles. The van der Waals surface area contributed by atoms with Crippen LogP contribution in [-0.4, -0.2) is 110 Å². The summed E-state index contributed by atoms with van der Waals surface area (Å²) < 4.78 is 57.5. The molecule has 3 aromatic carbocycles. The van der Waals surface area contributed by atoms with Crippen molar-refractivity contribution in [3.63, 3.8) is 0 Å². The summed E-state index contributed by atoms with van der Waals surface area (Å²) in [5, 5.41) is 0. The van der Waals surface area contributed by atoms with E-state index >= 15 is 0 Å². The number of hydrogen-bond donors (Lipinski definition) is 0. The SMILES string of the molecule is CC(=O)OCC1OC(OC(C)=O)C(OC(C)=O)C(OC(C)=O)C1OC1OC(COC(=O)c2ccccc2)C(OC(=O)c2ccccc2)C1OC(=O)c1ccccc1. The molecule has 0 aromatic heterocycles. The lowest BCUT2D eigenvalue weighted by atomic mass is 9.98. The van der Waals surface area contributed by atoms with E-state index in [1.54, 1.807) is 54.6 Å². The number of carbonyl (C=O) groups is 7. The number of benzene rings is 3. The summed E-state index contributed by atoms with van der Waals surface area (Å²) in [6, 6.07) is 23.6. The summed E-state index contributed by atoms with van der Waals surface area (Å²) in [5.74, 6) is -5.95. The van der Waals surface area contributed by atoms with Crippen molar-refractivity contribution >= 4 is 41.8 Å². The van der Waals surface area contributed by atoms with Gasteiger partial charge >= 0.3 is 41.8 Å². The molecule has 2 fully saturated rings. The predicted octanol–water partition coefficient (Wildman–Crippen LogP) is 3.12. The van der Waals surface area contributed by atoms with Crippen molar-refractivity contribution in [1.82, 2.24) is 0 Å². The zero-order valence-electron chi connectivity index (χ0n) is 31.2. The maximum absolute atomic E-state index is 13.7. The fourth-order valence-corrected chi connectivity index (χ4v) is 5.98. The number of rotatable bonds is 14. The second-order valence-electron chi connectivity index (χ2n) is 12.7. The van der Waals surface area contributed by atoms with Crippen molar-refractivity contribution < 1.29 is 80.9 Å². The summed E-state index contributed by atoms with van der Waals surface area (Å²) in [5.41, 5.74) is 0.408. The van der Waals surface area contributed by atoms with Gasteiger partial charge in [0.2, 0.25) is 12.4 Å². The highest BCUT2D eigenvalue weighted by atomic mass is 16.8. The van der Waals surface area contributed by atoms with E-state index in [1.807, 2.05) is 0 Å². The molecule has 17 nitrogen and oxygen atoms in total. The van der Waals surface area contributed by atoms with Crippen LogP contribution >= 0.6 is 0 Å². The maximum atomic E-state index is 13.7. The molecule has 17 heteroatoms. The zero-order valence-corrected chi connectivity index (χ0v) is 31.2. The van der Waals surface area contributed by atoms with E-state index in [9.17, 15) is 33.6 Å². The minimum atomic E-state index is -1.75. The van der Waals surface area contributed by atoms with Crippen molar-refractivity contribution in [3.05, 3.63) is 108 Å². The molecule has 0 radical (unpaired) electrons. The van der Waals surface area contributed by atoms with Crippen molar-refractivity contribution in [2.24, 2.45) is 0 Å². The van der Waals surface area contributed by atoms with Crippen LogP contribution in [0.25, 0.3) is 0 Å². The third kappa shape index (κ3) is 11.4. The lowest BCUT2D eigenvalue weighted by Gasteiger charge is -2.44. The van der Waals surface area contributed by atoms with Gasteiger partial charge in [0.15, 0.2) is 24.6 Å². The van der Waals surface area contributed by atoms with Crippen LogP contribution in [0.4, 0.5) is 0 Å². The smallest absolute Gasteiger partial charge is 0.338 e. The van der Waals surface area contributed by atoms with E-state index in [0.717, 1.165) is 27.7 Å². The number of carbonyl (C=O) groups excluding carboxylic acids is 7. The van der Waals surface area contributed by atoms with Crippen LogP contribution in [-0.2, 0) is 66.5 Å². The molecule has 57 heavy (non-hydrogen) atoms. The predicted molar refractivity (Wildman–Crippen MR) is 190 cm³/mol. The van der Waals surface area contributed by atoms with E-state index in [0.29, 0.717) is 0 Å². The van der Waals surface area contributed by atoms with E-state index in [2.05, 4.69) is 0 Å². The molecule has 3 aromatic rings. The van der Waals surface area contributed by atoms with Crippen LogP contribution in [0.15, 0.2) is 91.0 Å². The van der Waals surface area contributed by atoms with E-state index < -0.39 is 110 Å². The highest BCUT2D eigenvalue weighted by molar-refractivity contribution is 5.91. The summed E-state index contributed by atoms with van der Waals surface area (Å²) in [4.78, 5) is 89.3. The molecule has 9 atom stereocenters. The lowest BCUT2D eigenvalue weighted by Crippen LogP contribution is -2.63. The van der Waals surface area contributed by atoms with Gasteiger partial charge < -0.3 is 47.4 Å². The van der Waals surface area contributed by atoms with Crippen LogP contribution < -0.4 is 0 Å². The molecule has 2 saturated heterocycles. The highest BCUT2D eigenvalue weighted by Crippen LogP contribution is 2.36. The monoisotopic (exact) mass is 792 g/mol. The average Bonchev–Trinajstić information content (AvgIpc) is 3.49. The first-order valence-electron chi connectivity index (χ1n) is 17.7. The van der Waals surface area contributed by atoms with E-state index in [4.69, 9.17) is 47.4 Å². The standard InChI is InChI=1S/C40H40O17/c1-22(41)48-20-29-31(33(50-23(2)42)35(51-24(3)43)39(53-29)52-25(4)44)57-40-34(56-38(47)28-18-12-7-13-19-28)32(55-37(46)27-16-10-6-11-17-27)30(54-40)21-49-36(45)26-14-8-5-9-15-26/h5-19,29-35,39-40H,20-21H2,1-4H3. The first kappa shape index (κ1) is 42.0. The zero-order chi connectivity index (χ0) is 41.1. The summed E-state index contributed by atoms with van der Waals surface area (Å²) >= 11 is 0. The van der Waals surface area contributed by atoms with Crippen LogP contribution in [0.1, 0.15) is 58.8 Å². The number of ether oxygens (including phenoxy) is 10. The van der Waals surface area contributed by atoms with Crippen LogP contribution in [0, 0.1) is 0 Å². The van der Waals surface area contributed by atoms with Crippen molar-refractivity contribution in [3.8, 4) is 0 Å². The number of hydrogen-bond acceptors (Lipinski definition) is 17. The molecule has 0 N–H and O–H groups in total. The van der Waals surface area contributed by atoms with Gasteiger partial charge in [0.1, 0.15) is 31.5 Å². The fraction of sp³-hybridized carbons (Fsp3) is 0.375.